The average Bonchev–Trinajstić information content (AvgIpc) is 2.75. The number of carboxylic acids is 1. The first-order chi connectivity index (χ1) is 7.63. The van der Waals surface area contributed by atoms with E-state index in [0.717, 1.165) is 13.0 Å². The molecule has 0 aliphatic carbocycles. The second-order valence-corrected chi connectivity index (χ2v) is 3.89. The monoisotopic (exact) mass is 225 g/mol. The molecule has 0 bridgehead atoms. The second kappa shape index (κ2) is 6.27. The standard InChI is InChI=1S/C11H19N3O2/c1-3-10(2)13(9-11(15)16)7-8-14-6-4-5-12-14/h4-6,10H,3,7-9H2,1-2H3,(H,15,16). The van der Waals surface area contributed by atoms with Gasteiger partial charge in [0.1, 0.15) is 0 Å². The van der Waals surface area contributed by atoms with Crippen molar-refractivity contribution in [3.8, 4) is 0 Å². The molecule has 1 aromatic rings. The molecule has 1 atom stereocenters. The largest absolute Gasteiger partial charge is 0.480 e. The highest BCUT2D eigenvalue weighted by Gasteiger charge is 2.15. The molecule has 0 saturated carbocycles. The first-order valence-corrected chi connectivity index (χ1v) is 5.56. The van der Waals surface area contributed by atoms with Crippen molar-refractivity contribution >= 4 is 5.97 Å². The van der Waals surface area contributed by atoms with Gasteiger partial charge in [-0.2, -0.15) is 5.10 Å². The number of carbonyl (C=O) groups is 1. The van der Waals surface area contributed by atoms with Crippen LogP contribution in [0.25, 0.3) is 0 Å². The van der Waals surface area contributed by atoms with Crippen molar-refractivity contribution in [2.45, 2.75) is 32.9 Å². The minimum absolute atomic E-state index is 0.0935. The molecule has 1 heterocycles. The van der Waals surface area contributed by atoms with Crippen molar-refractivity contribution < 1.29 is 9.90 Å². The minimum Gasteiger partial charge on any atom is -0.480 e. The molecule has 90 valence electrons. The number of hydrogen-bond acceptors (Lipinski definition) is 3. The Kier molecular flexibility index (Phi) is 4.98. The van der Waals surface area contributed by atoms with Crippen molar-refractivity contribution in [1.29, 1.82) is 0 Å². The zero-order valence-corrected chi connectivity index (χ0v) is 9.83. The highest BCUT2D eigenvalue weighted by Crippen LogP contribution is 2.03. The fourth-order valence-corrected chi connectivity index (χ4v) is 1.55. The van der Waals surface area contributed by atoms with Crippen LogP contribution in [0.3, 0.4) is 0 Å². The lowest BCUT2D eigenvalue weighted by Crippen LogP contribution is -2.39. The molecule has 1 unspecified atom stereocenters. The molecular formula is C11H19N3O2. The summed E-state index contributed by atoms with van der Waals surface area (Å²) in [6, 6.07) is 2.15. The summed E-state index contributed by atoms with van der Waals surface area (Å²) < 4.78 is 1.82. The zero-order chi connectivity index (χ0) is 12.0. The molecule has 1 aromatic heterocycles. The number of aromatic nitrogens is 2. The third-order valence-electron chi connectivity index (χ3n) is 2.73. The van der Waals surface area contributed by atoms with Crippen LogP contribution in [-0.4, -0.2) is 44.9 Å². The van der Waals surface area contributed by atoms with E-state index in [2.05, 4.69) is 12.0 Å². The molecule has 5 heteroatoms. The first-order valence-electron chi connectivity index (χ1n) is 5.56. The van der Waals surface area contributed by atoms with Crippen molar-refractivity contribution in [1.82, 2.24) is 14.7 Å². The van der Waals surface area contributed by atoms with Gasteiger partial charge in [0.15, 0.2) is 0 Å². The molecular weight excluding hydrogens is 206 g/mol. The molecule has 0 aromatic carbocycles. The van der Waals surface area contributed by atoms with E-state index in [1.165, 1.54) is 0 Å². The third kappa shape index (κ3) is 4.02. The number of hydrogen-bond donors (Lipinski definition) is 1. The van der Waals surface area contributed by atoms with Crippen LogP contribution in [0.4, 0.5) is 0 Å². The van der Waals surface area contributed by atoms with Crippen LogP contribution in [-0.2, 0) is 11.3 Å². The molecule has 0 radical (unpaired) electrons. The van der Waals surface area contributed by atoms with Gasteiger partial charge in [-0.15, -0.1) is 0 Å². The van der Waals surface area contributed by atoms with Crippen LogP contribution in [0.5, 0.6) is 0 Å². The van der Waals surface area contributed by atoms with Gasteiger partial charge in [0.2, 0.25) is 0 Å². The SMILES string of the molecule is CCC(C)N(CCn1cccn1)CC(=O)O. The van der Waals surface area contributed by atoms with Gasteiger partial charge >= 0.3 is 5.97 Å². The molecule has 5 nitrogen and oxygen atoms in total. The van der Waals surface area contributed by atoms with Crippen LogP contribution >= 0.6 is 0 Å². The van der Waals surface area contributed by atoms with E-state index in [1.54, 1.807) is 6.20 Å². The lowest BCUT2D eigenvalue weighted by atomic mass is 10.2. The van der Waals surface area contributed by atoms with Crippen molar-refractivity contribution in [2.24, 2.45) is 0 Å². The van der Waals surface area contributed by atoms with Gasteiger partial charge < -0.3 is 5.11 Å². The summed E-state index contributed by atoms with van der Waals surface area (Å²) in [6.45, 7) is 5.64. The Hall–Kier alpha value is -1.36. The summed E-state index contributed by atoms with van der Waals surface area (Å²) in [6.07, 6.45) is 4.56. The van der Waals surface area contributed by atoms with E-state index in [4.69, 9.17) is 5.11 Å². The highest BCUT2D eigenvalue weighted by molar-refractivity contribution is 5.69. The minimum atomic E-state index is -0.777. The summed E-state index contributed by atoms with van der Waals surface area (Å²) in [5.74, 6) is -0.777. The van der Waals surface area contributed by atoms with Crippen molar-refractivity contribution in [2.75, 3.05) is 13.1 Å². The second-order valence-electron chi connectivity index (χ2n) is 3.89. The Morgan fingerprint density at radius 3 is 2.88 bits per heavy atom. The molecule has 0 spiro atoms. The molecule has 0 aliphatic rings. The summed E-state index contributed by atoms with van der Waals surface area (Å²) in [7, 11) is 0. The predicted octanol–water partition coefficient (Wildman–Crippen LogP) is 1.07. The topological polar surface area (TPSA) is 58.4 Å². The predicted molar refractivity (Wildman–Crippen MR) is 61.2 cm³/mol. The van der Waals surface area contributed by atoms with E-state index in [0.29, 0.717) is 6.54 Å². The Balaban J connectivity index is 2.46. The van der Waals surface area contributed by atoms with Crippen molar-refractivity contribution in [3.63, 3.8) is 0 Å². The van der Waals surface area contributed by atoms with Crippen LogP contribution < -0.4 is 0 Å². The molecule has 1 N–H and O–H groups in total. The molecule has 0 aliphatic heterocycles. The van der Waals surface area contributed by atoms with Crippen LogP contribution in [0, 0.1) is 0 Å². The van der Waals surface area contributed by atoms with Gasteiger partial charge in [-0.25, -0.2) is 0 Å². The van der Waals surface area contributed by atoms with Gasteiger partial charge in [0, 0.05) is 25.0 Å². The Bertz CT molecular complexity index is 311. The van der Waals surface area contributed by atoms with Crippen LogP contribution in [0.15, 0.2) is 18.5 Å². The van der Waals surface area contributed by atoms with Crippen LogP contribution in [0.2, 0.25) is 0 Å². The average molecular weight is 225 g/mol. The van der Waals surface area contributed by atoms with E-state index in [-0.39, 0.29) is 12.6 Å². The van der Waals surface area contributed by atoms with Gasteiger partial charge in [-0.1, -0.05) is 6.92 Å². The third-order valence-corrected chi connectivity index (χ3v) is 2.73. The van der Waals surface area contributed by atoms with E-state index in [1.807, 2.05) is 28.8 Å². The normalized spacial score (nSPS) is 12.9. The number of carboxylic acid groups (broad SMARTS) is 1. The summed E-state index contributed by atoms with van der Waals surface area (Å²) in [5.41, 5.74) is 0. The summed E-state index contributed by atoms with van der Waals surface area (Å²) >= 11 is 0. The zero-order valence-electron chi connectivity index (χ0n) is 9.83. The lowest BCUT2D eigenvalue weighted by molar-refractivity contribution is -0.138. The molecule has 16 heavy (non-hydrogen) atoms. The van der Waals surface area contributed by atoms with Crippen LogP contribution in [0.1, 0.15) is 20.3 Å². The fraction of sp³-hybridized carbons (Fsp3) is 0.636. The van der Waals surface area contributed by atoms with E-state index < -0.39 is 5.97 Å². The molecule has 0 saturated heterocycles. The van der Waals surface area contributed by atoms with Gasteiger partial charge in [0.25, 0.3) is 0 Å². The first kappa shape index (κ1) is 12.7. The fourth-order valence-electron chi connectivity index (χ4n) is 1.55. The Labute approximate surface area is 95.7 Å². The van der Waals surface area contributed by atoms with Gasteiger partial charge in [0.05, 0.1) is 13.1 Å². The molecule has 0 amide bonds. The maximum Gasteiger partial charge on any atom is 0.317 e. The number of rotatable bonds is 7. The van der Waals surface area contributed by atoms with Gasteiger partial charge in [-0.05, 0) is 19.4 Å². The Morgan fingerprint density at radius 2 is 2.38 bits per heavy atom. The number of aliphatic carboxylic acids is 1. The maximum atomic E-state index is 10.7. The maximum absolute atomic E-state index is 10.7. The quantitative estimate of drug-likeness (QED) is 0.754. The smallest absolute Gasteiger partial charge is 0.317 e. The number of nitrogens with zero attached hydrogens (tertiary/aromatic N) is 3. The van der Waals surface area contributed by atoms with E-state index >= 15 is 0 Å². The summed E-state index contributed by atoms with van der Waals surface area (Å²) in [5, 5.41) is 12.9. The Morgan fingerprint density at radius 1 is 1.62 bits per heavy atom. The van der Waals surface area contributed by atoms with E-state index in [9.17, 15) is 4.79 Å². The molecule has 0 fully saturated rings. The van der Waals surface area contributed by atoms with Crippen molar-refractivity contribution in [3.05, 3.63) is 18.5 Å². The highest BCUT2D eigenvalue weighted by atomic mass is 16.4. The van der Waals surface area contributed by atoms with Gasteiger partial charge in [-0.3, -0.25) is 14.4 Å². The summed E-state index contributed by atoms with van der Waals surface area (Å²) in [4.78, 5) is 12.7. The molecule has 1 rings (SSSR count). The lowest BCUT2D eigenvalue weighted by Gasteiger charge is -2.26.